The predicted octanol–water partition coefficient (Wildman–Crippen LogP) is 1.44. The number of benzene rings is 1. The first-order valence-corrected chi connectivity index (χ1v) is 5.86. The van der Waals surface area contributed by atoms with Gasteiger partial charge < -0.3 is 15.2 Å². The third-order valence-corrected chi connectivity index (χ3v) is 3.16. The van der Waals surface area contributed by atoms with E-state index in [0.29, 0.717) is 19.4 Å². The van der Waals surface area contributed by atoms with Crippen LogP contribution < -0.4 is 10.1 Å². The molecular formula is C13H17NO3. The van der Waals surface area contributed by atoms with E-state index >= 15 is 0 Å². The quantitative estimate of drug-likeness (QED) is 0.811. The van der Waals surface area contributed by atoms with Crippen LogP contribution in [0.15, 0.2) is 24.3 Å². The van der Waals surface area contributed by atoms with Gasteiger partial charge in [0.25, 0.3) is 0 Å². The second kappa shape index (κ2) is 4.75. The lowest BCUT2D eigenvalue weighted by atomic mass is 9.82. The largest absolute Gasteiger partial charge is 0.494 e. The Kier molecular flexibility index (Phi) is 3.33. The van der Waals surface area contributed by atoms with Crippen LogP contribution in [0.2, 0.25) is 0 Å². The first kappa shape index (κ1) is 11.9. The molecule has 0 spiro atoms. The molecule has 1 aromatic carbocycles. The van der Waals surface area contributed by atoms with E-state index in [0.717, 1.165) is 17.9 Å². The summed E-state index contributed by atoms with van der Waals surface area (Å²) in [5.41, 5.74) is 0.260. The summed E-state index contributed by atoms with van der Waals surface area (Å²) in [5, 5.41) is 12.2. The summed E-state index contributed by atoms with van der Waals surface area (Å²) >= 11 is 0. The van der Waals surface area contributed by atoms with Crippen molar-refractivity contribution in [2.24, 2.45) is 0 Å². The molecule has 1 atom stereocenters. The van der Waals surface area contributed by atoms with Crippen molar-refractivity contribution in [3.8, 4) is 5.75 Å². The van der Waals surface area contributed by atoms with E-state index < -0.39 is 11.5 Å². The lowest BCUT2D eigenvalue weighted by Crippen LogP contribution is -2.63. The van der Waals surface area contributed by atoms with Gasteiger partial charge in [-0.3, -0.25) is 4.79 Å². The van der Waals surface area contributed by atoms with Crippen molar-refractivity contribution in [3.05, 3.63) is 29.8 Å². The second-order valence-electron chi connectivity index (χ2n) is 4.32. The first-order chi connectivity index (χ1) is 8.16. The van der Waals surface area contributed by atoms with Gasteiger partial charge in [0.2, 0.25) is 0 Å². The minimum absolute atomic E-state index is 0.523. The Hall–Kier alpha value is -1.55. The average Bonchev–Trinajstić information content (AvgIpc) is 2.25. The van der Waals surface area contributed by atoms with Crippen LogP contribution in [0.25, 0.3) is 0 Å². The van der Waals surface area contributed by atoms with Gasteiger partial charge in [0.15, 0.2) is 0 Å². The van der Waals surface area contributed by atoms with Crippen molar-refractivity contribution in [1.82, 2.24) is 5.32 Å². The van der Waals surface area contributed by atoms with E-state index in [1.807, 2.05) is 31.2 Å². The number of hydrogen-bond donors (Lipinski definition) is 2. The highest BCUT2D eigenvalue weighted by molar-refractivity contribution is 5.80. The van der Waals surface area contributed by atoms with Crippen LogP contribution in [0, 0.1) is 0 Å². The molecule has 2 rings (SSSR count). The molecule has 0 aromatic heterocycles. The molecule has 0 saturated carbocycles. The summed E-state index contributed by atoms with van der Waals surface area (Å²) in [4.78, 5) is 11.2. The summed E-state index contributed by atoms with van der Waals surface area (Å²) in [7, 11) is 0. The maximum absolute atomic E-state index is 11.2. The van der Waals surface area contributed by atoms with E-state index in [1.165, 1.54) is 0 Å². The molecule has 0 unspecified atom stereocenters. The van der Waals surface area contributed by atoms with Crippen molar-refractivity contribution in [3.63, 3.8) is 0 Å². The summed E-state index contributed by atoms with van der Waals surface area (Å²) < 4.78 is 5.35. The lowest BCUT2D eigenvalue weighted by Gasteiger charge is -2.39. The monoisotopic (exact) mass is 235 g/mol. The van der Waals surface area contributed by atoms with Crippen LogP contribution in [0.1, 0.15) is 18.9 Å². The zero-order valence-electron chi connectivity index (χ0n) is 9.90. The van der Waals surface area contributed by atoms with Crippen LogP contribution in [0.4, 0.5) is 0 Å². The summed E-state index contributed by atoms with van der Waals surface area (Å²) in [6, 6.07) is 7.62. The number of aliphatic carboxylic acids is 1. The highest BCUT2D eigenvalue weighted by atomic mass is 16.5. The molecule has 4 nitrogen and oxygen atoms in total. The molecule has 1 aliphatic heterocycles. The second-order valence-corrected chi connectivity index (χ2v) is 4.32. The third-order valence-electron chi connectivity index (χ3n) is 3.16. The molecular weight excluding hydrogens is 218 g/mol. The fraction of sp³-hybridized carbons (Fsp3) is 0.462. The molecule has 0 radical (unpaired) electrons. The van der Waals surface area contributed by atoms with E-state index in [4.69, 9.17) is 4.74 Å². The minimum atomic E-state index is -0.766. The third kappa shape index (κ3) is 2.42. The van der Waals surface area contributed by atoms with Gasteiger partial charge in [0.05, 0.1) is 6.61 Å². The van der Waals surface area contributed by atoms with Crippen LogP contribution in [-0.4, -0.2) is 29.8 Å². The van der Waals surface area contributed by atoms with Crippen molar-refractivity contribution in [1.29, 1.82) is 0 Å². The van der Waals surface area contributed by atoms with E-state index in [-0.39, 0.29) is 0 Å². The number of carboxylic acids is 1. The van der Waals surface area contributed by atoms with Gasteiger partial charge in [0.1, 0.15) is 11.3 Å². The van der Waals surface area contributed by atoms with Gasteiger partial charge in [-0.25, -0.2) is 0 Å². The van der Waals surface area contributed by atoms with Gasteiger partial charge in [-0.2, -0.15) is 0 Å². The van der Waals surface area contributed by atoms with Gasteiger partial charge in [-0.15, -0.1) is 0 Å². The zero-order chi connectivity index (χ0) is 12.3. The fourth-order valence-corrected chi connectivity index (χ4v) is 2.05. The molecule has 1 aliphatic rings. The molecule has 0 amide bonds. The lowest BCUT2D eigenvalue weighted by molar-refractivity contribution is -0.148. The number of carbonyl (C=O) groups is 1. The molecule has 1 heterocycles. The van der Waals surface area contributed by atoms with Crippen LogP contribution in [-0.2, 0) is 11.2 Å². The Morgan fingerprint density at radius 1 is 1.47 bits per heavy atom. The Morgan fingerprint density at radius 3 is 2.53 bits per heavy atom. The zero-order valence-corrected chi connectivity index (χ0v) is 9.90. The SMILES string of the molecule is CCOc1ccc(C[C@]2(C(=O)O)CCN2)cc1. The van der Waals surface area contributed by atoms with E-state index in [9.17, 15) is 9.90 Å². The Morgan fingerprint density at radius 2 is 2.12 bits per heavy atom. The van der Waals surface area contributed by atoms with Gasteiger partial charge in [-0.05, 0) is 37.6 Å². The molecule has 1 aromatic rings. The number of ether oxygens (including phenoxy) is 1. The Balaban J connectivity index is 2.05. The van der Waals surface area contributed by atoms with Gasteiger partial charge >= 0.3 is 5.97 Å². The number of rotatable bonds is 5. The van der Waals surface area contributed by atoms with Crippen LogP contribution >= 0.6 is 0 Å². The maximum atomic E-state index is 11.2. The Labute approximate surface area is 101 Å². The number of carboxylic acid groups (broad SMARTS) is 1. The van der Waals surface area contributed by atoms with E-state index in [1.54, 1.807) is 0 Å². The van der Waals surface area contributed by atoms with E-state index in [2.05, 4.69) is 5.32 Å². The minimum Gasteiger partial charge on any atom is -0.494 e. The molecule has 17 heavy (non-hydrogen) atoms. The molecule has 0 bridgehead atoms. The summed E-state index contributed by atoms with van der Waals surface area (Å²) in [6.45, 7) is 3.36. The van der Waals surface area contributed by atoms with Crippen molar-refractivity contribution < 1.29 is 14.6 Å². The summed E-state index contributed by atoms with van der Waals surface area (Å²) in [5.74, 6) is 0.0554. The predicted molar refractivity (Wildman–Crippen MR) is 64.3 cm³/mol. The highest BCUT2D eigenvalue weighted by Gasteiger charge is 2.43. The molecule has 92 valence electrons. The van der Waals surface area contributed by atoms with Crippen LogP contribution in [0.3, 0.4) is 0 Å². The fourth-order valence-electron chi connectivity index (χ4n) is 2.05. The highest BCUT2D eigenvalue weighted by Crippen LogP contribution is 2.25. The summed E-state index contributed by atoms with van der Waals surface area (Å²) in [6.07, 6.45) is 1.21. The average molecular weight is 235 g/mol. The molecule has 4 heteroatoms. The Bertz CT molecular complexity index is 396. The molecule has 0 aliphatic carbocycles. The van der Waals surface area contributed by atoms with Crippen molar-refractivity contribution in [2.75, 3.05) is 13.2 Å². The smallest absolute Gasteiger partial charge is 0.324 e. The molecule has 1 saturated heterocycles. The molecule has 1 fully saturated rings. The van der Waals surface area contributed by atoms with Gasteiger partial charge in [0, 0.05) is 6.42 Å². The first-order valence-electron chi connectivity index (χ1n) is 5.86. The van der Waals surface area contributed by atoms with Gasteiger partial charge in [-0.1, -0.05) is 12.1 Å². The van der Waals surface area contributed by atoms with Crippen molar-refractivity contribution in [2.45, 2.75) is 25.3 Å². The van der Waals surface area contributed by atoms with Crippen molar-refractivity contribution >= 4 is 5.97 Å². The number of hydrogen-bond acceptors (Lipinski definition) is 3. The maximum Gasteiger partial charge on any atom is 0.324 e. The van der Waals surface area contributed by atoms with Crippen LogP contribution in [0.5, 0.6) is 5.75 Å². The standard InChI is InChI=1S/C13H17NO3/c1-2-17-11-5-3-10(4-6-11)9-13(12(15)16)7-8-14-13/h3-6,14H,2,7-9H2,1H3,(H,15,16)/t13-/m0/s1. The normalized spacial score (nSPS) is 22.9. The molecule has 2 N–H and O–H groups in total. The number of nitrogens with one attached hydrogen (secondary N) is 1. The topological polar surface area (TPSA) is 58.6 Å².